The number of hydrogen-bond donors (Lipinski definition) is 1. The predicted molar refractivity (Wildman–Crippen MR) is 144 cm³/mol. The summed E-state index contributed by atoms with van der Waals surface area (Å²) in [6.07, 6.45) is -2.01. The van der Waals surface area contributed by atoms with Gasteiger partial charge in [0.05, 0.1) is 23.2 Å². The summed E-state index contributed by atoms with van der Waals surface area (Å²) in [5.41, 5.74) is 6.04. The molecular weight excluding hydrogens is 552 g/mol. The summed E-state index contributed by atoms with van der Waals surface area (Å²) in [4.78, 5) is 18.8. The number of piperazine rings is 2. The molecule has 5 rings (SSSR count). The number of hydrogen-bond acceptors (Lipinski definition) is 9. The number of sulfonamides is 1. The van der Waals surface area contributed by atoms with Crippen LogP contribution in [-0.2, 0) is 16.2 Å². The monoisotopic (exact) mass is 580 g/mol. The zero-order valence-electron chi connectivity index (χ0n) is 21.6. The van der Waals surface area contributed by atoms with E-state index in [-0.39, 0.29) is 37.7 Å². The lowest BCUT2D eigenvalue weighted by molar-refractivity contribution is -0.137. The smallest absolute Gasteiger partial charge is 0.396 e. The number of nitrogens with zero attached hydrogens (tertiary/aromatic N) is 7. The molecule has 0 atom stereocenters. The molecule has 2 aliphatic rings. The molecule has 0 unspecified atom stereocenters. The molecule has 0 amide bonds. The normalized spacial score (nSPS) is 17.4. The van der Waals surface area contributed by atoms with E-state index in [9.17, 15) is 26.0 Å². The van der Waals surface area contributed by atoms with Gasteiger partial charge in [-0.3, -0.25) is 0 Å². The van der Waals surface area contributed by atoms with Crippen molar-refractivity contribution in [3.05, 3.63) is 54.0 Å². The zero-order valence-corrected chi connectivity index (χ0v) is 22.5. The number of pyridine rings is 1. The van der Waals surface area contributed by atoms with E-state index >= 15 is 0 Å². The quantitative estimate of drug-likeness (QED) is 0.360. The van der Waals surface area contributed by atoms with Crippen molar-refractivity contribution < 1.29 is 26.0 Å². The van der Waals surface area contributed by atoms with Crippen LogP contribution in [0.5, 0.6) is 0 Å². The second-order valence-electron chi connectivity index (χ2n) is 9.64. The maximum atomic E-state index is 13.9. The van der Waals surface area contributed by atoms with Crippen LogP contribution in [0.15, 0.2) is 42.6 Å². The van der Waals surface area contributed by atoms with Crippen LogP contribution in [-0.4, -0.2) is 86.3 Å². The summed E-state index contributed by atoms with van der Waals surface area (Å²) in [5.74, 6) is 0.253. The largest absolute Gasteiger partial charge is 0.419 e. The third-order valence-electron chi connectivity index (χ3n) is 6.98. The average molecular weight is 581 g/mol. The van der Waals surface area contributed by atoms with Gasteiger partial charge in [0.15, 0.2) is 0 Å². The maximum absolute atomic E-state index is 13.9. The first kappa shape index (κ1) is 27.8. The van der Waals surface area contributed by atoms with Crippen LogP contribution in [0.3, 0.4) is 0 Å². The topological polar surface area (TPSA) is 112 Å². The Hall–Kier alpha value is -3.72. The molecule has 2 aromatic heterocycles. The van der Waals surface area contributed by atoms with Gasteiger partial charge in [0.2, 0.25) is 16.0 Å². The van der Waals surface area contributed by atoms with Gasteiger partial charge in [-0.25, -0.2) is 22.8 Å². The van der Waals surface area contributed by atoms with Crippen LogP contribution in [0.25, 0.3) is 11.3 Å². The van der Waals surface area contributed by atoms with Crippen LogP contribution in [0.2, 0.25) is 0 Å². The van der Waals surface area contributed by atoms with Crippen LogP contribution in [0.4, 0.5) is 40.8 Å². The van der Waals surface area contributed by atoms with Crippen molar-refractivity contribution in [2.45, 2.75) is 6.18 Å². The van der Waals surface area contributed by atoms with Gasteiger partial charge in [-0.1, -0.05) is 0 Å². The molecule has 0 aliphatic carbocycles. The van der Waals surface area contributed by atoms with Crippen LogP contribution >= 0.6 is 0 Å². The van der Waals surface area contributed by atoms with E-state index in [1.54, 1.807) is 17.0 Å². The van der Waals surface area contributed by atoms with E-state index in [2.05, 4.69) is 9.97 Å². The van der Waals surface area contributed by atoms with Gasteiger partial charge in [-0.2, -0.15) is 22.5 Å². The molecular formula is C25H28F4N8O2S. The van der Waals surface area contributed by atoms with Crippen LogP contribution in [0, 0.1) is 5.82 Å². The first-order chi connectivity index (χ1) is 18.9. The van der Waals surface area contributed by atoms with Gasteiger partial charge in [-0.05, 0) is 30.3 Å². The molecule has 3 aromatic rings. The van der Waals surface area contributed by atoms with Gasteiger partial charge >= 0.3 is 6.18 Å². The highest BCUT2D eigenvalue weighted by Crippen LogP contribution is 2.36. The molecule has 15 heteroatoms. The van der Waals surface area contributed by atoms with Crippen molar-refractivity contribution in [3.8, 4) is 11.3 Å². The Morgan fingerprint density at radius 2 is 1.52 bits per heavy atom. The van der Waals surface area contributed by atoms with E-state index < -0.39 is 27.6 Å². The zero-order chi connectivity index (χ0) is 28.7. The van der Waals surface area contributed by atoms with E-state index in [1.807, 2.05) is 9.80 Å². The third kappa shape index (κ3) is 5.89. The van der Waals surface area contributed by atoms with E-state index in [0.29, 0.717) is 49.2 Å². The summed E-state index contributed by atoms with van der Waals surface area (Å²) >= 11 is 0. The highest BCUT2D eigenvalue weighted by Gasteiger charge is 2.36. The number of halogens is 4. The molecule has 40 heavy (non-hydrogen) atoms. The van der Waals surface area contributed by atoms with Gasteiger partial charge in [0.1, 0.15) is 17.5 Å². The first-order valence-corrected chi connectivity index (χ1v) is 14.4. The van der Waals surface area contributed by atoms with Crippen molar-refractivity contribution in [2.75, 3.05) is 79.0 Å². The summed E-state index contributed by atoms with van der Waals surface area (Å²) < 4.78 is 79.8. The minimum absolute atomic E-state index is 0.0366. The molecule has 2 N–H and O–H groups in total. The molecule has 1 aromatic carbocycles. The number of nitrogens with two attached hydrogens (primary N) is 1. The van der Waals surface area contributed by atoms with Crippen LogP contribution in [0.1, 0.15) is 5.56 Å². The van der Waals surface area contributed by atoms with E-state index in [4.69, 9.17) is 10.7 Å². The fraction of sp³-hybridized carbons (Fsp3) is 0.400. The molecule has 2 saturated heterocycles. The Morgan fingerprint density at radius 1 is 0.875 bits per heavy atom. The number of anilines is 4. The fourth-order valence-electron chi connectivity index (χ4n) is 4.81. The SMILES string of the molecule is CS(=O)(=O)N1CCN(c2nc(-c3ccc(F)c(N)c3)cc(N3CCN(c4ncccc4C(F)(F)F)CC3)n2)CC1. The Kier molecular flexibility index (Phi) is 7.44. The number of rotatable bonds is 5. The summed E-state index contributed by atoms with van der Waals surface area (Å²) in [5, 5.41) is 0. The standard InChI is InChI=1S/C25H28F4N8O2S/c1-40(38,39)37-13-11-36(12-14-37)24-32-21(17-4-5-19(26)20(30)15-17)16-22(33-24)34-7-9-35(10-8-34)23-18(25(27,28)29)3-2-6-31-23/h2-6,15-16H,7-14,30H2,1H3. The lowest BCUT2D eigenvalue weighted by Gasteiger charge is -2.38. The Balaban J connectivity index is 1.42. The average Bonchev–Trinajstić information content (AvgIpc) is 2.93. The minimum Gasteiger partial charge on any atom is -0.396 e. The molecule has 2 aliphatic heterocycles. The summed E-state index contributed by atoms with van der Waals surface area (Å²) in [6, 6.07) is 8.31. The minimum atomic E-state index is -4.52. The highest BCUT2D eigenvalue weighted by molar-refractivity contribution is 7.88. The van der Waals surface area contributed by atoms with Crippen LogP contribution < -0.4 is 20.4 Å². The summed E-state index contributed by atoms with van der Waals surface area (Å²) in [7, 11) is -3.33. The Morgan fingerprint density at radius 3 is 2.15 bits per heavy atom. The molecule has 0 spiro atoms. The Labute approximate surface area is 229 Å². The molecule has 10 nitrogen and oxygen atoms in total. The van der Waals surface area contributed by atoms with Gasteiger partial charge < -0.3 is 20.4 Å². The lowest BCUT2D eigenvalue weighted by Crippen LogP contribution is -2.49. The van der Waals surface area contributed by atoms with E-state index in [1.165, 1.54) is 35.0 Å². The second kappa shape index (κ2) is 10.7. The molecule has 0 saturated carbocycles. The number of alkyl halides is 3. The lowest BCUT2D eigenvalue weighted by atomic mass is 10.1. The van der Waals surface area contributed by atoms with Crippen molar-refractivity contribution in [1.29, 1.82) is 0 Å². The molecule has 2 fully saturated rings. The van der Waals surface area contributed by atoms with E-state index in [0.717, 1.165) is 6.07 Å². The van der Waals surface area contributed by atoms with Gasteiger partial charge in [0.25, 0.3) is 0 Å². The first-order valence-electron chi connectivity index (χ1n) is 12.6. The maximum Gasteiger partial charge on any atom is 0.419 e. The Bertz CT molecular complexity index is 1490. The molecule has 4 heterocycles. The third-order valence-corrected chi connectivity index (χ3v) is 8.28. The number of aromatic nitrogens is 3. The second-order valence-corrected chi connectivity index (χ2v) is 11.6. The fourth-order valence-corrected chi connectivity index (χ4v) is 5.64. The number of benzene rings is 1. The molecule has 214 valence electrons. The van der Waals surface area contributed by atoms with Crippen molar-refractivity contribution in [3.63, 3.8) is 0 Å². The van der Waals surface area contributed by atoms with Crippen molar-refractivity contribution in [2.24, 2.45) is 0 Å². The van der Waals surface area contributed by atoms with Crippen molar-refractivity contribution >= 4 is 33.3 Å². The molecule has 0 radical (unpaired) electrons. The molecule has 0 bridgehead atoms. The van der Waals surface area contributed by atoms with Gasteiger partial charge in [-0.15, -0.1) is 0 Å². The summed E-state index contributed by atoms with van der Waals surface area (Å²) in [6.45, 7) is 2.60. The number of nitrogen functional groups attached to an aromatic ring is 1. The van der Waals surface area contributed by atoms with Crippen molar-refractivity contribution in [1.82, 2.24) is 19.3 Å². The highest BCUT2D eigenvalue weighted by atomic mass is 32.2. The van der Waals surface area contributed by atoms with Gasteiger partial charge in [0, 0.05) is 70.2 Å². The predicted octanol–water partition coefficient (Wildman–Crippen LogP) is 2.69.